The minimum Gasteiger partial charge on any atom is -0.481 e. The Morgan fingerprint density at radius 3 is 2.45 bits per heavy atom. The molecular weight excluding hydrogens is 390 g/mol. The van der Waals surface area contributed by atoms with Crippen LogP contribution < -0.4 is 10.5 Å². The van der Waals surface area contributed by atoms with Crippen LogP contribution in [0.3, 0.4) is 0 Å². The van der Waals surface area contributed by atoms with E-state index in [1.807, 2.05) is 26.0 Å². The van der Waals surface area contributed by atoms with E-state index < -0.39 is 0 Å². The summed E-state index contributed by atoms with van der Waals surface area (Å²) in [4.78, 5) is 4.26. The summed E-state index contributed by atoms with van der Waals surface area (Å²) < 4.78 is 12.5. The fraction of sp³-hybridized carbons (Fsp3) is 0.385. The molecule has 2 rings (SSSR count). The second kappa shape index (κ2) is 6.69. The maximum atomic E-state index is 5.72. The number of nitrogens with two attached hydrogens (primary N) is 1. The molecule has 1 aromatic heterocycles. The maximum Gasteiger partial charge on any atom is 0.264 e. The van der Waals surface area contributed by atoms with Crippen LogP contribution >= 0.6 is 31.9 Å². The summed E-state index contributed by atoms with van der Waals surface area (Å²) in [5.41, 5.74) is 6.63. The molecule has 20 heavy (non-hydrogen) atoms. The number of rotatable bonds is 5. The monoisotopic (exact) mass is 403 g/mol. The van der Waals surface area contributed by atoms with E-state index in [1.54, 1.807) is 0 Å². The summed E-state index contributed by atoms with van der Waals surface area (Å²) in [5.74, 6) is 2.05. The molecule has 2 aromatic rings. The Morgan fingerprint density at radius 1 is 1.30 bits per heavy atom. The molecule has 0 amide bonds. The average molecular weight is 405 g/mol. The normalized spacial score (nSPS) is 11.1. The minimum absolute atomic E-state index is 0.221. The second-order valence-electron chi connectivity index (χ2n) is 4.58. The quantitative estimate of drug-likeness (QED) is 0.821. The highest BCUT2D eigenvalue weighted by atomic mass is 79.9. The van der Waals surface area contributed by atoms with Gasteiger partial charge in [0.15, 0.2) is 12.4 Å². The van der Waals surface area contributed by atoms with Crippen LogP contribution in [0.2, 0.25) is 0 Å². The molecular formula is C13H15Br2N3O2. The molecule has 0 aliphatic heterocycles. The predicted octanol–water partition coefficient (Wildman–Crippen LogP) is 3.76. The zero-order valence-corrected chi connectivity index (χ0v) is 14.4. The molecule has 0 saturated heterocycles. The lowest BCUT2D eigenvalue weighted by Gasteiger charge is -2.10. The van der Waals surface area contributed by atoms with Gasteiger partial charge in [0.05, 0.1) is 8.95 Å². The summed E-state index contributed by atoms with van der Waals surface area (Å²) >= 11 is 6.93. The highest BCUT2D eigenvalue weighted by molar-refractivity contribution is 9.11. The Balaban J connectivity index is 2.10. The third kappa shape index (κ3) is 3.59. The molecule has 0 saturated carbocycles. The summed E-state index contributed by atoms with van der Waals surface area (Å²) in [6.45, 7) is 4.71. The summed E-state index contributed by atoms with van der Waals surface area (Å²) in [5, 5.41) is 3.89. The number of halogens is 2. The smallest absolute Gasteiger partial charge is 0.264 e. The van der Waals surface area contributed by atoms with Gasteiger partial charge in [0.25, 0.3) is 5.89 Å². The molecule has 0 bridgehead atoms. The first-order valence-electron chi connectivity index (χ1n) is 6.14. The van der Waals surface area contributed by atoms with Gasteiger partial charge in [0, 0.05) is 12.5 Å². The molecule has 0 aliphatic carbocycles. The van der Waals surface area contributed by atoms with E-state index in [2.05, 4.69) is 42.0 Å². The van der Waals surface area contributed by atoms with Gasteiger partial charge in [-0.05, 0) is 49.6 Å². The minimum atomic E-state index is 0.221. The van der Waals surface area contributed by atoms with E-state index in [-0.39, 0.29) is 12.5 Å². The van der Waals surface area contributed by atoms with Crippen LogP contribution in [0.5, 0.6) is 5.75 Å². The molecule has 1 heterocycles. The SMILES string of the molecule is CC(C)c1noc(COc2c(Br)cc(CN)cc2Br)n1. The summed E-state index contributed by atoms with van der Waals surface area (Å²) in [6.07, 6.45) is 0. The van der Waals surface area contributed by atoms with Gasteiger partial charge in [-0.15, -0.1) is 0 Å². The van der Waals surface area contributed by atoms with E-state index in [4.69, 9.17) is 15.0 Å². The standard InChI is InChI=1S/C13H15Br2N3O2/c1-7(2)13-17-11(20-18-13)6-19-12-9(14)3-8(5-16)4-10(12)15/h3-4,7H,5-6,16H2,1-2H3. The number of hydrogen-bond donors (Lipinski definition) is 1. The molecule has 0 unspecified atom stereocenters. The first kappa shape index (κ1) is 15.5. The second-order valence-corrected chi connectivity index (χ2v) is 6.29. The van der Waals surface area contributed by atoms with Gasteiger partial charge in [0.1, 0.15) is 5.75 Å². The molecule has 0 aliphatic rings. The van der Waals surface area contributed by atoms with Gasteiger partial charge in [-0.1, -0.05) is 19.0 Å². The number of benzene rings is 1. The van der Waals surface area contributed by atoms with Crippen molar-refractivity contribution < 1.29 is 9.26 Å². The van der Waals surface area contributed by atoms with Crippen LogP contribution in [0.15, 0.2) is 25.6 Å². The lowest BCUT2D eigenvalue weighted by atomic mass is 10.2. The van der Waals surface area contributed by atoms with Gasteiger partial charge >= 0.3 is 0 Å². The lowest BCUT2D eigenvalue weighted by molar-refractivity contribution is 0.240. The van der Waals surface area contributed by atoms with Gasteiger partial charge in [-0.3, -0.25) is 0 Å². The van der Waals surface area contributed by atoms with Crippen molar-refractivity contribution in [3.05, 3.63) is 38.4 Å². The zero-order chi connectivity index (χ0) is 14.7. The van der Waals surface area contributed by atoms with Crippen molar-refractivity contribution in [3.8, 4) is 5.75 Å². The lowest BCUT2D eigenvalue weighted by Crippen LogP contribution is -2.01. The highest BCUT2D eigenvalue weighted by Gasteiger charge is 2.13. The van der Waals surface area contributed by atoms with Gasteiger partial charge in [-0.25, -0.2) is 0 Å². The van der Waals surface area contributed by atoms with Crippen molar-refractivity contribution in [1.82, 2.24) is 10.1 Å². The fourth-order valence-corrected chi connectivity index (χ4v) is 3.07. The first-order valence-corrected chi connectivity index (χ1v) is 7.73. The van der Waals surface area contributed by atoms with Gasteiger partial charge in [0.2, 0.25) is 0 Å². The van der Waals surface area contributed by atoms with E-state index >= 15 is 0 Å². The van der Waals surface area contributed by atoms with Crippen molar-refractivity contribution in [3.63, 3.8) is 0 Å². The molecule has 108 valence electrons. The van der Waals surface area contributed by atoms with Crippen LogP contribution in [0.1, 0.15) is 37.0 Å². The van der Waals surface area contributed by atoms with E-state index in [1.165, 1.54) is 0 Å². The van der Waals surface area contributed by atoms with E-state index in [9.17, 15) is 0 Å². The molecule has 0 spiro atoms. The molecule has 0 radical (unpaired) electrons. The summed E-state index contributed by atoms with van der Waals surface area (Å²) in [6, 6.07) is 3.85. The largest absolute Gasteiger partial charge is 0.481 e. The average Bonchev–Trinajstić information content (AvgIpc) is 2.86. The van der Waals surface area contributed by atoms with Gasteiger partial charge < -0.3 is 15.0 Å². The summed E-state index contributed by atoms with van der Waals surface area (Å²) in [7, 11) is 0. The molecule has 1 aromatic carbocycles. The van der Waals surface area contributed by atoms with E-state index in [0.29, 0.717) is 24.0 Å². The van der Waals surface area contributed by atoms with Crippen molar-refractivity contribution in [1.29, 1.82) is 0 Å². The maximum absolute atomic E-state index is 5.72. The molecule has 0 atom stereocenters. The Labute approximate surface area is 134 Å². The number of ether oxygens (including phenoxy) is 1. The molecule has 0 fully saturated rings. The van der Waals surface area contributed by atoms with Crippen molar-refractivity contribution in [2.24, 2.45) is 5.73 Å². The molecule has 2 N–H and O–H groups in total. The Bertz CT molecular complexity index is 576. The van der Waals surface area contributed by atoms with Crippen molar-refractivity contribution in [2.45, 2.75) is 32.9 Å². The molecule has 7 heteroatoms. The highest BCUT2D eigenvalue weighted by Crippen LogP contribution is 2.35. The first-order chi connectivity index (χ1) is 9.51. The van der Waals surface area contributed by atoms with Crippen LogP contribution in [0, 0.1) is 0 Å². The van der Waals surface area contributed by atoms with Gasteiger partial charge in [-0.2, -0.15) is 4.98 Å². The number of hydrogen-bond acceptors (Lipinski definition) is 5. The Kier molecular flexibility index (Phi) is 5.17. The third-order valence-corrected chi connectivity index (χ3v) is 3.81. The third-order valence-electron chi connectivity index (χ3n) is 2.63. The Morgan fingerprint density at radius 2 is 1.95 bits per heavy atom. The topological polar surface area (TPSA) is 74.2 Å². The van der Waals surface area contributed by atoms with Crippen molar-refractivity contribution in [2.75, 3.05) is 0 Å². The van der Waals surface area contributed by atoms with Crippen molar-refractivity contribution >= 4 is 31.9 Å². The van der Waals surface area contributed by atoms with Crippen LogP contribution in [-0.4, -0.2) is 10.1 Å². The fourth-order valence-electron chi connectivity index (χ4n) is 1.56. The number of nitrogens with zero attached hydrogens (tertiary/aromatic N) is 2. The zero-order valence-electron chi connectivity index (χ0n) is 11.2. The number of aromatic nitrogens is 2. The van der Waals surface area contributed by atoms with E-state index in [0.717, 1.165) is 14.5 Å². The predicted molar refractivity (Wildman–Crippen MR) is 82.5 cm³/mol. The van der Waals surface area contributed by atoms with Crippen LogP contribution in [-0.2, 0) is 13.2 Å². The van der Waals surface area contributed by atoms with Crippen LogP contribution in [0.25, 0.3) is 0 Å². The molecule has 5 nitrogen and oxygen atoms in total. The Hall–Kier alpha value is -0.920. The van der Waals surface area contributed by atoms with Crippen LogP contribution in [0.4, 0.5) is 0 Å².